The molecule has 2 aromatic carbocycles. The Morgan fingerprint density at radius 2 is 1.71 bits per heavy atom. The summed E-state index contributed by atoms with van der Waals surface area (Å²) in [5.74, 6) is 2.56. The average molecular weight is 471 g/mol. The molecule has 0 saturated heterocycles. The quantitative estimate of drug-likeness (QED) is 0.295. The second-order valence-electron chi connectivity index (χ2n) is 7.70. The Kier molecular flexibility index (Phi) is 6.31. The smallest absolute Gasteiger partial charge is 0.251 e. The van der Waals surface area contributed by atoms with Crippen LogP contribution < -0.4 is 5.32 Å². The lowest BCUT2D eigenvalue weighted by atomic mass is 10.1. The number of rotatable bonds is 8. The van der Waals surface area contributed by atoms with Gasteiger partial charge in [-0.15, -0.1) is 10.2 Å². The number of benzene rings is 2. The highest BCUT2D eigenvalue weighted by Gasteiger charge is 2.18. The van der Waals surface area contributed by atoms with Crippen molar-refractivity contribution in [3.05, 3.63) is 108 Å². The van der Waals surface area contributed by atoms with Gasteiger partial charge in [0.05, 0.1) is 19.1 Å². The molecule has 5 rings (SSSR count). The predicted octanol–water partition coefficient (Wildman–Crippen LogP) is 5.65. The lowest BCUT2D eigenvalue weighted by molar-refractivity contribution is 0.0948. The van der Waals surface area contributed by atoms with Crippen molar-refractivity contribution in [3.63, 3.8) is 0 Å². The molecule has 0 spiro atoms. The van der Waals surface area contributed by atoms with Crippen LogP contribution in [-0.2, 0) is 12.3 Å². The molecule has 0 atom stereocenters. The van der Waals surface area contributed by atoms with E-state index in [1.165, 1.54) is 5.56 Å². The number of aromatic nitrogens is 3. The molecule has 5 aromatic rings. The molecule has 3 heterocycles. The summed E-state index contributed by atoms with van der Waals surface area (Å²) >= 11 is 1.57. The Hall–Kier alpha value is -4.04. The van der Waals surface area contributed by atoms with Crippen LogP contribution in [-0.4, -0.2) is 20.7 Å². The molecular weight excluding hydrogens is 448 g/mol. The maximum absolute atomic E-state index is 12.4. The minimum Gasteiger partial charge on any atom is -0.467 e. The molecule has 0 unspecified atom stereocenters. The molecule has 0 bridgehead atoms. The van der Waals surface area contributed by atoms with E-state index in [0.717, 1.165) is 16.4 Å². The average Bonchev–Trinajstić information content (AvgIpc) is 3.64. The topological polar surface area (TPSA) is 86.1 Å². The Balaban J connectivity index is 1.30. The van der Waals surface area contributed by atoms with E-state index in [1.807, 2.05) is 59.2 Å². The van der Waals surface area contributed by atoms with Crippen LogP contribution in [0.3, 0.4) is 0 Å². The maximum Gasteiger partial charge on any atom is 0.251 e. The van der Waals surface area contributed by atoms with Crippen LogP contribution in [0.5, 0.6) is 0 Å². The number of nitrogens with one attached hydrogen (secondary N) is 1. The SMILES string of the molecule is Cc1ccc(-n2c(SCc3ccc(C(=O)NCc4ccco4)cc3)nnc2-c2ccco2)cc1. The second kappa shape index (κ2) is 9.84. The van der Waals surface area contributed by atoms with Crippen LogP contribution in [0.2, 0.25) is 0 Å². The third kappa shape index (κ3) is 4.82. The second-order valence-corrected chi connectivity index (χ2v) is 8.64. The molecule has 0 saturated carbocycles. The first-order valence-corrected chi connectivity index (χ1v) is 11.7. The number of carbonyl (C=O) groups is 1. The lowest BCUT2D eigenvalue weighted by Gasteiger charge is -2.10. The fourth-order valence-electron chi connectivity index (χ4n) is 3.44. The number of nitrogens with zero attached hydrogens (tertiary/aromatic N) is 3. The van der Waals surface area contributed by atoms with E-state index in [1.54, 1.807) is 30.4 Å². The van der Waals surface area contributed by atoms with Crippen molar-refractivity contribution in [2.45, 2.75) is 24.4 Å². The van der Waals surface area contributed by atoms with E-state index in [-0.39, 0.29) is 5.91 Å². The molecule has 0 radical (unpaired) electrons. The van der Waals surface area contributed by atoms with Crippen molar-refractivity contribution < 1.29 is 13.6 Å². The van der Waals surface area contributed by atoms with Gasteiger partial charge in [0.1, 0.15) is 5.76 Å². The lowest BCUT2D eigenvalue weighted by Crippen LogP contribution is -2.22. The van der Waals surface area contributed by atoms with Gasteiger partial charge in [0.15, 0.2) is 10.9 Å². The van der Waals surface area contributed by atoms with Gasteiger partial charge in [-0.2, -0.15) is 0 Å². The summed E-state index contributed by atoms with van der Waals surface area (Å²) in [6.07, 6.45) is 3.22. The Labute approximate surface area is 200 Å². The van der Waals surface area contributed by atoms with Crippen molar-refractivity contribution in [2.75, 3.05) is 0 Å². The van der Waals surface area contributed by atoms with Crippen LogP contribution in [0.1, 0.15) is 27.2 Å². The van der Waals surface area contributed by atoms with Crippen molar-refractivity contribution in [1.29, 1.82) is 0 Å². The highest BCUT2D eigenvalue weighted by molar-refractivity contribution is 7.98. The van der Waals surface area contributed by atoms with Crippen molar-refractivity contribution in [1.82, 2.24) is 20.1 Å². The zero-order valence-electron chi connectivity index (χ0n) is 18.5. The van der Waals surface area contributed by atoms with Crippen LogP contribution in [0, 0.1) is 6.92 Å². The predicted molar refractivity (Wildman–Crippen MR) is 130 cm³/mol. The van der Waals surface area contributed by atoms with Crippen LogP contribution in [0.25, 0.3) is 17.3 Å². The fraction of sp³-hybridized carbons (Fsp3) is 0.115. The summed E-state index contributed by atoms with van der Waals surface area (Å²) in [6.45, 7) is 2.41. The molecule has 8 heteroatoms. The van der Waals surface area contributed by atoms with E-state index in [4.69, 9.17) is 8.83 Å². The molecule has 1 N–H and O–H groups in total. The number of thioether (sulfide) groups is 1. The van der Waals surface area contributed by atoms with Gasteiger partial charge in [-0.05, 0) is 61.0 Å². The van der Waals surface area contributed by atoms with Crippen molar-refractivity contribution in [3.8, 4) is 17.3 Å². The summed E-state index contributed by atoms with van der Waals surface area (Å²) in [5, 5.41) is 12.4. The number of hydrogen-bond donors (Lipinski definition) is 1. The van der Waals surface area contributed by atoms with Gasteiger partial charge in [-0.25, -0.2) is 0 Å². The van der Waals surface area contributed by atoms with Gasteiger partial charge < -0.3 is 14.2 Å². The van der Waals surface area contributed by atoms with E-state index in [9.17, 15) is 4.79 Å². The molecule has 0 aliphatic carbocycles. The molecule has 170 valence electrons. The van der Waals surface area contributed by atoms with Gasteiger partial charge in [-0.3, -0.25) is 9.36 Å². The minimum atomic E-state index is -0.141. The maximum atomic E-state index is 12.4. The third-order valence-corrected chi connectivity index (χ3v) is 6.25. The Bertz CT molecular complexity index is 1360. The summed E-state index contributed by atoms with van der Waals surface area (Å²) in [6, 6.07) is 23.1. The minimum absolute atomic E-state index is 0.141. The molecule has 34 heavy (non-hydrogen) atoms. The first kappa shape index (κ1) is 21.8. The largest absolute Gasteiger partial charge is 0.467 e. The van der Waals surface area contributed by atoms with E-state index in [0.29, 0.717) is 35.2 Å². The molecule has 3 aromatic heterocycles. The summed E-state index contributed by atoms with van der Waals surface area (Å²) in [5.41, 5.74) is 3.82. The van der Waals surface area contributed by atoms with Gasteiger partial charge >= 0.3 is 0 Å². The summed E-state index contributed by atoms with van der Waals surface area (Å²) < 4.78 is 12.8. The number of amides is 1. The normalized spacial score (nSPS) is 11.0. The molecule has 0 fully saturated rings. The standard InChI is InChI=1S/C26H22N4O3S/c1-18-6-12-21(13-7-18)30-24(23-5-3-15-33-23)28-29-26(30)34-17-19-8-10-20(11-9-19)25(31)27-16-22-4-2-14-32-22/h2-15H,16-17H2,1H3,(H,27,31). The molecule has 7 nitrogen and oxygen atoms in total. The third-order valence-electron chi connectivity index (χ3n) is 5.25. The number of carbonyl (C=O) groups excluding carboxylic acids is 1. The van der Waals surface area contributed by atoms with Crippen LogP contribution in [0.4, 0.5) is 0 Å². The fourth-order valence-corrected chi connectivity index (χ4v) is 4.35. The van der Waals surface area contributed by atoms with Gasteiger partial charge in [0.2, 0.25) is 5.82 Å². The summed E-state index contributed by atoms with van der Waals surface area (Å²) in [7, 11) is 0. The first-order chi connectivity index (χ1) is 16.7. The zero-order chi connectivity index (χ0) is 23.3. The number of aryl methyl sites for hydroxylation is 1. The number of hydrogen-bond acceptors (Lipinski definition) is 6. The molecular formula is C26H22N4O3S. The Morgan fingerprint density at radius 1 is 0.941 bits per heavy atom. The van der Waals surface area contributed by atoms with Crippen molar-refractivity contribution in [2.24, 2.45) is 0 Å². The Morgan fingerprint density at radius 3 is 2.41 bits per heavy atom. The van der Waals surface area contributed by atoms with Gasteiger partial charge in [0.25, 0.3) is 5.91 Å². The van der Waals surface area contributed by atoms with E-state index < -0.39 is 0 Å². The summed E-state index contributed by atoms with van der Waals surface area (Å²) in [4.78, 5) is 12.4. The number of furan rings is 2. The van der Waals surface area contributed by atoms with Gasteiger partial charge in [-0.1, -0.05) is 41.6 Å². The first-order valence-electron chi connectivity index (χ1n) is 10.8. The molecule has 0 aliphatic rings. The molecule has 1 amide bonds. The highest BCUT2D eigenvalue weighted by Crippen LogP contribution is 2.30. The highest BCUT2D eigenvalue weighted by atomic mass is 32.2. The van der Waals surface area contributed by atoms with Crippen molar-refractivity contribution >= 4 is 17.7 Å². The van der Waals surface area contributed by atoms with Crippen LogP contribution in [0.15, 0.2) is 99.3 Å². The van der Waals surface area contributed by atoms with Crippen LogP contribution >= 0.6 is 11.8 Å². The van der Waals surface area contributed by atoms with E-state index in [2.05, 4.69) is 34.6 Å². The monoisotopic (exact) mass is 470 g/mol. The van der Waals surface area contributed by atoms with Gasteiger partial charge in [0, 0.05) is 17.0 Å². The molecule has 0 aliphatic heterocycles. The zero-order valence-corrected chi connectivity index (χ0v) is 19.3. The van der Waals surface area contributed by atoms with E-state index >= 15 is 0 Å².